The molecule has 2 aromatic heterocycles. The lowest BCUT2D eigenvalue weighted by molar-refractivity contribution is -0.142. The minimum absolute atomic E-state index is 0.0665. The number of carboxylic acid groups (broad SMARTS) is 1. The number of rotatable bonds is 6. The fraction of sp³-hybridized carbons (Fsp3) is 0.381. The summed E-state index contributed by atoms with van der Waals surface area (Å²) in [6.45, 7) is 0.466. The number of methoxy groups -OCH3 is 2. The number of nitrogens with zero attached hydrogens (tertiary/aromatic N) is 2. The van der Waals surface area contributed by atoms with Crippen LogP contribution in [0.3, 0.4) is 0 Å². The zero-order valence-electron chi connectivity index (χ0n) is 16.3. The Morgan fingerprint density at radius 3 is 2.90 bits per heavy atom. The van der Waals surface area contributed by atoms with E-state index in [1.54, 1.807) is 25.1 Å². The summed E-state index contributed by atoms with van der Waals surface area (Å²) in [6.07, 6.45) is 3.82. The fourth-order valence-electron chi connectivity index (χ4n) is 3.89. The summed E-state index contributed by atoms with van der Waals surface area (Å²) in [5, 5.41) is 9.95. The van der Waals surface area contributed by atoms with Gasteiger partial charge < -0.3 is 14.6 Å². The van der Waals surface area contributed by atoms with Crippen LogP contribution in [0, 0.1) is 5.92 Å². The monoisotopic (exact) mass is 414 g/mol. The first-order valence-corrected chi connectivity index (χ1v) is 10.3. The van der Waals surface area contributed by atoms with E-state index in [-0.39, 0.29) is 11.5 Å². The van der Waals surface area contributed by atoms with Gasteiger partial charge in [-0.3, -0.25) is 14.2 Å². The zero-order valence-corrected chi connectivity index (χ0v) is 17.1. The fourth-order valence-corrected chi connectivity index (χ4v) is 5.15. The average molecular weight is 414 g/mol. The number of ether oxygens (including phenoxy) is 2. The molecule has 1 aliphatic carbocycles. The van der Waals surface area contributed by atoms with Gasteiger partial charge in [-0.2, -0.15) is 0 Å². The average Bonchev–Trinajstić information content (AvgIpc) is 3.11. The Morgan fingerprint density at radius 1 is 1.34 bits per heavy atom. The maximum Gasteiger partial charge on any atom is 0.306 e. The molecular weight excluding hydrogens is 392 g/mol. The number of carboxylic acids is 1. The summed E-state index contributed by atoms with van der Waals surface area (Å²) in [6, 6.07) is 5.60. The van der Waals surface area contributed by atoms with Gasteiger partial charge in [0.25, 0.3) is 5.56 Å². The summed E-state index contributed by atoms with van der Waals surface area (Å²) >= 11 is 1.44. The van der Waals surface area contributed by atoms with Crippen LogP contribution in [0.5, 0.6) is 11.5 Å². The SMILES string of the molecule is COc1ccc(OC)c(CCn2cnc3sc4c(c3c2=O)CCC(C(=O)O)C4)c1. The Labute approximate surface area is 171 Å². The lowest BCUT2D eigenvalue weighted by Gasteiger charge is -2.18. The highest BCUT2D eigenvalue weighted by molar-refractivity contribution is 7.18. The normalized spacial score (nSPS) is 15.9. The smallest absolute Gasteiger partial charge is 0.306 e. The first kappa shape index (κ1) is 19.4. The summed E-state index contributed by atoms with van der Waals surface area (Å²) < 4.78 is 12.3. The first-order chi connectivity index (χ1) is 14.0. The van der Waals surface area contributed by atoms with Crippen LogP contribution in [0.4, 0.5) is 0 Å². The summed E-state index contributed by atoms with van der Waals surface area (Å²) in [5.74, 6) is 0.339. The second-order valence-electron chi connectivity index (χ2n) is 7.13. The van der Waals surface area contributed by atoms with E-state index in [2.05, 4.69) is 4.98 Å². The van der Waals surface area contributed by atoms with E-state index in [0.717, 1.165) is 27.5 Å². The molecule has 8 heteroatoms. The molecule has 0 spiro atoms. The van der Waals surface area contributed by atoms with Gasteiger partial charge in [-0.15, -0.1) is 11.3 Å². The minimum atomic E-state index is -0.772. The van der Waals surface area contributed by atoms with E-state index in [4.69, 9.17) is 9.47 Å². The van der Waals surface area contributed by atoms with Crippen molar-refractivity contribution in [2.24, 2.45) is 5.92 Å². The van der Waals surface area contributed by atoms with Gasteiger partial charge >= 0.3 is 5.97 Å². The van der Waals surface area contributed by atoms with Gasteiger partial charge in [0.05, 0.1) is 31.9 Å². The molecule has 152 valence electrons. The molecule has 0 fully saturated rings. The van der Waals surface area contributed by atoms with Crippen LogP contribution in [0.15, 0.2) is 29.3 Å². The number of thiophene rings is 1. The van der Waals surface area contributed by atoms with E-state index in [9.17, 15) is 14.7 Å². The van der Waals surface area contributed by atoms with Gasteiger partial charge in [0, 0.05) is 11.4 Å². The number of hydrogen-bond acceptors (Lipinski definition) is 6. The predicted molar refractivity (Wildman–Crippen MR) is 110 cm³/mol. The molecule has 0 saturated heterocycles. The molecule has 4 rings (SSSR count). The molecule has 3 aromatic rings. The molecule has 1 aliphatic rings. The van der Waals surface area contributed by atoms with Crippen molar-refractivity contribution in [2.75, 3.05) is 14.2 Å². The van der Waals surface area contributed by atoms with Crippen molar-refractivity contribution in [3.63, 3.8) is 0 Å². The molecule has 29 heavy (non-hydrogen) atoms. The second kappa shape index (κ2) is 7.87. The van der Waals surface area contributed by atoms with Crippen molar-refractivity contribution < 1.29 is 19.4 Å². The third-order valence-corrected chi connectivity index (χ3v) is 6.66. The van der Waals surface area contributed by atoms with Gasteiger partial charge in [-0.05, 0) is 55.0 Å². The van der Waals surface area contributed by atoms with Crippen LogP contribution in [0.2, 0.25) is 0 Å². The molecule has 0 bridgehead atoms. The number of aliphatic carboxylic acids is 1. The van der Waals surface area contributed by atoms with Crippen molar-refractivity contribution in [2.45, 2.75) is 32.2 Å². The van der Waals surface area contributed by atoms with Crippen molar-refractivity contribution >= 4 is 27.5 Å². The molecule has 0 saturated carbocycles. The Bertz CT molecular complexity index is 1130. The first-order valence-electron chi connectivity index (χ1n) is 9.45. The number of carbonyl (C=O) groups is 1. The Morgan fingerprint density at radius 2 is 2.17 bits per heavy atom. The molecule has 1 aromatic carbocycles. The van der Waals surface area contributed by atoms with E-state index in [0.29, 0.717) is 42.4 Å². The Hall–Kier alpha value is -2.87. The highest BCUT2D eigenvalue weighted by Crippen LogP contribution is 2.35. The largest absolute Gasteiger partial charge is 0.497 e. The standard InChI is InChI=1S/C21H22N2O5S/c1-27-14-4-6-16(28-2)12(9-14)7-8-23-11-22-19-18(20(23)24)15-5-3-13(21(25)26)10-17(15)29-19/h4,6,9,11,13H,3,5,7-8,10H2,1-2H3,(H,25,26). The summed E-state index contributed by atoms with van der Waals surface area (Å²) in [5.41, 5.74) is 1.87. The lowest BCUT2D eigenvalue weighted by atomic mass is 9.88. The van der Waals surface area contributed by atoms with Gasteiger partial charge in [0.2, 0.25) is 0 Å². The molecular formula is C21H22N2O5S. The van der Waals surface area contributed by atoms with Crippen molar-refractivity contribution in [3.05, 3.63) is 50.9 Å². The number of aryl methyl sites for hydroxylation is 3. The van der Waals surface area contributed by atoms with Crippen molar-refractivity contribution in [1.29, 1.82) is 0 Å². The zero-order chi connectivity index (χ0) is 20.5. The van der Waals surface area contributed by atoms with Crippen molar-refractivity contribution in [1.82, 2.24) is 9.55 Å². The summed E-state index contributed by atoms with van der Waals surface area (Å²) in [7, 11) is 3.23. The highest BCUT2D eigenvalue weighted by atomic mass is 32.1. The maximum atomic E-state index is 13.1. The number of fused-ring (bicyclic) bond motifs is 3. The van der Waals surface area contributed by atoms with Crippen LogP contribution < -0.4 is 15.0 Å². The minimum Gasteiger partial charge on any atom is -0.497 e. The topological polar surface area (TPSA) is 90.7 Å². The number of hydrogen-bond donors (Lipinski definition) is 1. The van der Waals surface area contributed by atoms with Crippen LogP contribution in [0.1, 0.15) is 22.4 Å². The molecule has 1 N–H and O–H groups in total. The quantitative estimate of drug-likeness (QED) is 0.667. The highest BCUT2D eigenvalue weighted by Gasteiger charge is 2.28. The third kappa shape index (κ3) is 3.60. The van der Waals surface area contributed by atoms with Crippen LogP contribution in [-0.2, 0) is 30.6 Å². The van der Waals surface area contributed by atoms with Gasteiger partial charge in [0.1, 0.15) is 16.3 Å². The van der Waals surface area contributed by atoms with Crippen LogP contribution >= 0.6 is 11.3 Å². The number of benzene rings is 1. The predicted octanol–water partition coefficient (Wildman–Crippen LogP) is 2.91. The van der Waals surface area contributed by atoms with Gasteiger partial charge in [-0.1, -0.05) is 0 Å². The van der Waals surface area contributed by atoms with E-state index >= 15 is 0 Å². The molecule has 0 radical (unpaired) electrons. The Kier molecular flexibility index (Phi) is 5.27. The second-order valence-corrected chi connectivity index (χ2v) is 8.22. The summed E-state index contributed by atoms with van der Waals surface area (Å²) in [4.78, 5) is 30.6. The van der Waals surface area contributed by atoms with E-state index in [1.165, 1.54) is 11.3 Å². The molecule has 2 heterocycles. The van der Waals surface area contributed by atoms with E-state index in [1.807, 2.05) is 18.2 Å². The molecule has 1 unspecified atom stereocenters. The molecule has 0 amide bonds. The van der Waals surface area contributed by atoms with Crippen LogP contribution in [0.25, 0.3) is 10.2 Å². The molecule has 1 atom stereocenters. The van der Waals surface area contributed by atoms with Gasteiger partial charge in [-0.25, -0.2) is 4.98 Å². The Balaban J connectivity index is 1.64. The van der Waals surface area contributed by atoms with Crippen molar-refractivity contribution in [3.8, 4) is 11.5 Å². The maximum absolute atomic E-state index is 13.1. The third-order valence-electron chi connectivity index (χ3n) is 5.49. The van der Waals surface area contributed by atoms with E-state index < -0.39 is 5.97 Å². The molecule has 0 aliphatic heterocycles. The van der Waals surface area contributed by atoms with Gasteiger partial charge in [0.15, 0.2) is 0 Å². The number of aromatic nitrogens is 2. The lowest BCUT2D eigenvalue weighted by Crippen LogP contribution is -2.24. The molecule has 7 nitrogen and oxygen atoms in total. The van der Waals surface area contributed by atoms with Crippen LogP contribution in [-0.4, -0.2) is 34.8 Å².